The number of hydrogen-bond donors (Lipinski definition) is 6. The van der Waals surface area contributed by atoms with Crippen molar-refractivity contribution >= 4 is 146 Å². The van der Waals surface area contributed by atoms with Gasteiger partial charge in [-0.2, -0.15) is 0 Å². The number of aliphatic hydroxyl groups excluding tert-OH is 3. The molecule has 0 aliphatic carbocycles. The molecule has 0 saturated carbocycles. The van der Waals surface area contributed by atoms with E-state index in [2.05, 4.69) is 254 Å². The van der Waals surface area contributed by atoms with Gasteiger partial charge in [-0.1, -0.05) is 116 Å². The first-order chi connectivity index (χ1) is 42.6. The molecule has 3 aliphatic rings. The van der Waals surface area contributed by atoms with Gasteiger partial charge in [0.25, 0.3) is 16.7 Å². The van der Waals surface area contributed by atoms with Crippen LogP contribution in [0.5, 0.6) is 0 Å². The van der Waals surface area contributed by atoms with E-state index in [4.69, 9.17) is 41.4 Å². The molecule has 6 N–H and O–H groups in total. The molecule has 35 heteroatoms. The molecule has 0 amide bonds. The number of H-pyrrole nitrogens is 3. The number of nitrogens with zero attached hydrogens (tertiary/aromatic N) is 3. The number of carbonyl (C=O) groups excluding carboxylic acids is 1. The van der Waals surface area contributed by atoms with Crippen molar-refractivity contribution < 1.29 is 69.7 Å². The van der Waals surface area contributed by atoms with E-state index in [0.29, 0.717) is 25.6 Å². The number of hydrogen-bond acceptors (Lipinski definition) is 18. The van der Waals surface area contributed by atoms with Crippen molar-refractivity contribution in [1.82, 2.24) is 28.7 Å². The van der Waals surface area contributed by atoms with Crippen LogP contribution in [-0.4, -0.2) is 154 Å². The average Bonchev–Trinajstić information content (AvgIpc) is 1.59. The minimum atomic E-state index is -2.50. The van der Waals surface area contributed by atoms with Crippen molar-refractivity contribution in [3.05, 3.63) is 123 Å². The monoisotopic (exact) mass is 2100 g/mol. The van der Waals surface area contributed by atoms with Gasteiger partial charge >= 0.3 is 67.6 Å². The van der Waals surface area contributed by atoms with Crippen molar-refractivity contribution in [1.29, 1.82) is 0 Å². The largest absolute Gasteiger partial charge is 0.394 e. The molecule has 0 spiro atoms. The summed E-state index contributed by atoms with van der Waals surface area (Å²) >= 11 is 9.54. The topological polar surface area (TPSA) is 316 Å². The van der Waals surface area contributed by atoms with Crippen LogP contribution in [0.1, 0.15) is 123 Å². The van der Waals surface area contributed by atoms with E-state index in [9.17, 15) is 43.8 Å². The molecule has 3 aromatic rings. The Morgan fingerprint density at radius 2 is 0.947 bits per heavy atom. The second kappa shape index (κ2) is 37.2. The minimum absolute atomic E-state index is 0. The molecular weight excluding hydrogens is 1990 g/mol. The summed E-state index contributed by atoms with van der Waals surface area (Å²) in [6.07, 6.45) is 1.82. The van der Waals surface area contributed by atoms with Gasteiger partial charge in [0.2, 0.25) is 6.23 Å². The second-order valence-electron chi connectivity index (χ2n) is 31.0. The molecule has 6 rings (SSSR count). The molecule has 0 unspecified atom stereocenters. The van der Waals surface area contributed by atoms with Crippen molar-refractivity contribution in [2.24, 2.45) is 0 Å². The van der Waals surface area contributed by atoms with E-state index in [1.807, 2.05) is 23.2 Å². The third-order valence-corrected chi connectivity index (χ3v) is 41.5. The number of allylic oxidation sites excluding steroid dienone is 2. The molecule has 0 bridgehead atoms. The fourth-order valence-corrected chi connectivity index (χ4v) is 13.8. The molecule has 0 aromatic carbocycles. The van der Waals surface area contributed by atoms with Gasteiger partial charge in [-0.25, -0.2) is 14.4 Å². The minimum Gasteiger partial charge on any atom is -0.394 e. The summed E-state index contributed by atoms with van der Waals surface area (Å²) in [5.74, 6) is 0.621. The zero-order valence-corrected chi connectivity index (χ0v) is 77.8. The molecule has 95 heavy (non-hydrogen) atoms. The van der Waals surface area contributed by atoms with Crippen molar-refractivity contribution in [2.45, 2.75) is 255 Å². The van der Waals surface area contributed by atoms with E-state index in [0.717, 1.165) is 23.1 Å². The molecule has 6 heterocycles. The van der Waals surface area contributed by atoms with Crippen molar-refractivity contribution in [3.63, 3.8) is 0 Å². The average molecular weight is 2100 g/mol. The molecule has 548 valence electrons. The normalized spacial score (nSPS) is 23.7. The molecule has 2 fully saturated rings. The zero-order valence-electron chi connectivity index (χ0n) is 59.7. The van der Waals surface area contributed by atoms with Gasteiger partial charge in [0.05, 0.1) is 19.8 Å². The van der Waals surface area contributed by atoms with Crippen LogP contribution in [0.15, 0.2) is 89.5 Å². The predicted molar refractivity (Wildman–Crippen MR) is 427 cm³/mol. The summed E-state index contributed by atoms with van der Waals surface area (Å²) in [4.78, 5) is 91.4. The molecule has 24 nitrogen and oxygen atoms in total. The number of ether oxygens (including phenoxy) is 3. The second-order valence-corrected chi connectivity index (χ2v) is 71.2. The summed E-state index contributed by atoms with van der Waals surface area (Å²) in [6.45, 7) is 53.5. The summed E-state index contributed by atoms with van der Waals surface area (Å²) in [5.41, 5.74) is -5.00. The van der Waals surface area contributed by atoms with Crippen LogP contribution in [0.4, 0.5) is 0 Å². The Morgan fingerprint density at radius 1 is 0.579 bits per heavy atom. The van der Waals surface area contributed by atoms with Gasteiger partial charge in [0.1, 0.15) is 42.4 Å². The van der Waals surface area contributed by atoms with E-state index >= 15 is 0 Å². The number of aldehydes is 1. The summed E-state index contributed by atoms with van der Waals surface area (Å²) in [5, 5.41) is 27.7. The Hall–Kier alpha value is 0.0544. The Bertz CT molecular complexity index is 3380. The predicted octanol–water partition coefficient (Wildman–Crippen LogP) is 9.04. The Balaban J connectivity index is 0.000000728. The van der Waals surface area contributed by atoms with Crippen LogP contribution in [0, 0.1) is 0 Å². The summed E-state index contributed by atoms with van der Waals surface area (Å²) in [7, 11) is -11.5. The van der Waals surface area contributed by atoms with Gasteiger partial charge in [-0.05, 0) is 96.7 Å². The Morgan fingerprint density at radius 3 is 1.32 bits per heavy atom. The van der Waals surface area contributed by atoms with Crippen LogP contribution < -0.4 is 47.0 Å². The fraction of sp³-hybridized carbons (Fsp3) is 0.717. The number of rotatable bonds is 17. The smallest absolute Gasteiger partial charge is 0.330 e. The number of aromatic amines is 3. The molecular formula is C60H107I6N6O18Si5-. The van der Waals surface area contributed by atoms with Crippen molar-refractivity contribution in [3.8, 4) is 0 Å². The van der Waals surface area contributed by atoms with E-state index < -0.39 is 143 Å². The number of carbonyl (C=O) groups is 1. The maximum absolute atomic E-state index is 13.2. The van der Waals surface area contributed by atoms with Gasteiger partial charge in [0.15, 0.2) is 65.9 Å². The van der Waals surface area contributed by atoms with E-state index in [1.165, 1.54) is 33.7 Å². The molecule has 3 aromatic heterocycles. The van der Waals surface area contributed by atoms with Gasteiger partial charge in [-0.15, -0.1) is 24.0 Å². The third-order valence-electron chi connectivity index (χ3n) is 19.2. The number of aromatic nitrogens is 6. The van der Waals surface area contributed by atoms with Crippen LogP contribution in [-0.2, 0) is 41.1 Å². The van der Waals surface area contributed by atoms with Gasteiger partial charge in [-0.3, -0.25) is 47.8 Å². The maximum atomic E-state index is 13.2. The first kappa shape index (κ1) is 93.1. The van der Waals surface area contributed by atoms with Crippen LogP contribution in [0.2, 0.25) is 90.7 Å². The number of aliphatic hydroxyl groups is 3. The van der Waals surface area contributed by atoms with E-state index in [1.54, 1.807) is 0 Å². The third kappa shape index (κ3) is 25.1. The van der Waals surface area contributed by atoms with Gasteiger partial charge in [0, 0.05) is 74.0 Å². The zero-order chi connectivity index (χ0) is 73.1. The Labute approximate surface area is 635 Å². The fourth-order valence-electron chi connectivity index (χ4n) is 8.06. The van der Waals surface area contributed by atoms with Gasteiger partial charge < -0.3 is 51.7 Å². The maximum Gasteiger partial charge on any atom is 0.330 e. The van der Waals surface area contributed by atoms with E-state index in [-0.39, 0.29) is 55.8 Å². The first-order valence-electron chi connectivity index (χ1n) is 30.7. The SMILES string of the molecule is CC(C)(C)[Si](C)(C)OCC1=CC=C[C@@H](O[Si](C)(C)C(C)(C)C)[C@H](n2ccc(=O)[nH]c2=O)O1.CC(C)(C)[Si](C)(C)OC[C@@]1(C=O)O[C@@H](n2ccc(=O)[nH]c2=O)[C@H](O[Si](C)(C)C(C)(C)C)[C@H]1O[Si](C)(C)C(C)(C)C.I.II.I[I-]I.O=c1ccn([C@@H]2O[C@H](CO)[C@@H](O)[C@H]2O)c(=O)[nH]1. The van der Waals surface area contributed by atoms with Crippen LogP contribution >= 0.6 is 98.4 Å². The quantitative estimate of drug-likeness (QED) is 0.0417. The summed E-state index contributed by atoms with van der Waals surface area (Å²) < 4.78 is 55.3. The Kier molecular flexibility index (Phi) is 36.4. The first-order valence-corrected chi connectivity index (χ1v) is 64.1. The molecule has 2 saturated heterocycles. The van der Waals surface area contributed by atoms with Crippen LogP contribution in [0.3, 0.4) is 0 Å². The number of halogens is 6. The molecule has 0 radical (unpaired) electrons. The molecule has 10 atom stereocenters. The number of nitrogens with one attached hydrogen (secondary N) is 3. The van der Waals surface area contributed by atoms with Crippen molar-refractivity contribution in [2.75, 3.05) is 19.8 Å². The van der Waals surface area contributed by atoms with Crippen LogP contribution in [0.25, 0.3) is 0 Å². The summed E-state index contributed by atoms with van der Waals surface area (Å²) in [6, 6.07) is 3.68. The standard InChI is InChI=1S/C28H54N2O7Si3.C23H40N2O5Si2.C9H12N2O6.I3.I2.HI/c1-25(2,3)38(10,11)34-19-28(18-31)22(37-40(14,15)27(7,8)9)21(36-39(12,13)26(4,5)6)23(35-28)30-17-16-20(32)29-24(30)33;1-22(2,3)31(7,8)28-16-17-12-11-13-18(30-32(9,10)23(4,5)6)20(29-17)25-15-14-19(26)24-21(25)27;12-3-4-6(14)7(15)8(17-4)11-2-1-5(13)10-9(11)16;1-3-2;1-2;/h16-18,21-23H,19H2,1-15H3,(H,29,32,33);11-15,18,20H,16H2,1-10H3,(H,24,26,27);1-2,4,6-8,12,14-15H,3H2,(H,10,13,16);;;1H/q;;;-1;;/t21-,22-,23-,28-;18-,20-;4-,6-,7-,8-;;;/m111.../s1. The molecule has 3 aliphatic heterocycles.